The van der Waals surface area contributed by atoms with Crippen LogP contribution in [0.3, 0.4) is 0 Å². The highest BCUT2D eigenvalue weighted by Gasteiger charge is 2.39. The minimum Gasteiger partial charge on any atom is -0.480 e. The molecule has 0 bridgehead atoms. The first-order valence-electron chi connectivity index (χ1n) is 6.74. The summed E-state index contributed by atoms with van der Waals surface area (Å²) < 4.78 is 5.79. The fourth-order valence-electron chi connectivity index (χ4n) is 2.77. The summed E-state index contributed by atoms with van der Waals surface area (Å²) in [6.07, 6.45) is 8.06. The van der Waals surface area contributed by atoms with Crippen molar-refractivity contribution in [3.05, 3.63) is 0 Å². The Balaban J connectivity index is 1.71. The maximum atomic E-state index is 11.1. The lowest BCUT2D eigenvalue weighted by Crippen LogP contribution is -2.52. The molecule has 0 amide bonds. The van der Waals surface area contributed by atoms with Gasteiger partial charge in [0.2, 0.25) is 0 Å². The highest BCUT2D eigenvalue weighted by atomic mass is 16.5. The number of carboxylic acids is 1. The summed E-state index contributed by atoms with van der Waals surface area (Å²) in [5.41, 5.74) is 4.83. The molecule has 0 aromatic heterocycles. The van der Waals surface area contributed by atoms with E-state index in [2.05, 4.69) is 0 Å². The van der Waals surface area contributed by atoms with Crippen LogP contribution in [-0.4, -0.2) is 29.3 Å². The van der Waals surface area contributed by atoms with Gasteiger partial charge in [0.1, 0.15) is 5.54 Å². The molecule has 0 spiro atoms. The molecule has 2 rings (SSSR count). The predicted octanol–water partition coefficient (Wildman–Crippen LogP) is 1.92. The van der Waals surface area contributed by atoms with Crippen LogP contribution in [-0.2, 0) is 9.53 Å². The fraction of sp³-hybridized carbons (Fsp3) is 0.923. The number of nitrogens with two attached hydrogens (primary N) is 1. The van der Waals surface area contributed by atoms with Crippen molar-refractivity contribution in [3.63, 3.8) is 0 Å². The van der Waals surface area contributed by atoms with E-state index in [-0.39, 0.29) is 6.10 Å². The minimum absolute atomic E-state index is 0.0462. The van der Waals surface area contributed by atoms with E-state index in [1.54, 1.807) is 0 Å². The summed E-state index contributed by atoms with van der Waals surface area (Å²) in [6.45, 7) is 0.769. The predicted molar refractivity (Wildman–Crippen MR) is 64.7 cm³/mol. The van der Waals surface area contributed by atoms with Crippen molar-refractivity contribution in [2.45, 2.75) is 63.0 Å². The van der Waals surface area contributed by atoms with Crippen molar-refractivity contribution in [1.29, 1.82) is 0 Å². The third-order valence-electron chi connectivity index (χ3n) is 4.27. The summed E-state index contributed by atoms with van der Waals surface area (Å²) in [5.74, 6) is -0.0366. The molecule has 0 heterocycles. The third kappa shape index (κ3) is 3.19. The molecule has 2 unspecified atom stereocenters. The number of hydrogen-bond acceptors (Lipinski definition) is 3. The SMILES string of the molecule is NC1(C(=O)O)CCCC(OCCC2CCC2)C1. The Bertz CT molecular complexity index is 278. The Morgan fingerprint density at radius 1 is 1.35 bits per heavy atom. The van der Waals surface area contributed by atoms with Crippen molar-refractivity contribution in [1.82, 2.24) is 0 Å². The maximum Gasteiger partial charge on any atom is 0.323 e. The summed E-state index contributed by atoms with van der Waals surface area (Å²) in [6, 6.07) is 0. The molecule has 2 aliphatic rings. The second-order valence-electron chi connectivity index (χ2n) is 5.64. The van der Waals surface area contributed by atoms with Crippen LogP contribution in [0.1, 0.15) is 51.4 Å². The molecule has 17 heavy (non-hydrogen) atoms. The van der Waals surface area contributed by atoms with Crippen molar-refractivity contribution in [2.24, 2.45) is 11.7 Å². The highest BCUT2D eigenvalue weighted by molar-refractivity contribution is 5.78. The molecule has 98 valence electrons. The molecular formula is C13H23NO3. The standard InChI is InChI=1S/C13H23NO3/c14-13(12(15)16)7-2-5-11(9-13)17-8-6-10-3-1-4-10/h10-11H,1-9,14H2,(H,15,16). The van der Waals surface area contributed by atoms with E-state index in [1.165, 1.54) is 19.3 Å². The Labute approximate surface area is 103 Å². The van der Waals surface area contributed by atoms with Gasteiger partial charge in [-0.05, 0) is 31.6 Å². The molecule has 0 aromatic carbocycles. The van der Waals surface area contributed by atoms with Gasteiger partial charge in [0.25, 0.3) is 0 Å². The van der Waals surface area contributed by atoms with Crippen LogP contribution in [0, 0.1) is 5.92 Å². The molecule has 3 N–H and O–H groups in total. The van der Waals surface area contributed by atoms with Crippen molar-refractivity contribution >= 4 is 5.97 Å². The van der Waals surface area contributed by atoms with Gasteiger partial charge >= 0.3 is 5.97 Å². The van der Waals surface area contributed by atoms with Gasteiger partial charge in [-0.2, -0.15) is 0 Å². The van der Waals surface area contributed by atoms with Crippen LogP contribution >= 0.6 is 0 Å². The quantitative estimate of drug-likeness (QED) is 0.771. The van der Waals surface area contributed by atoms with Crippen molar-refractivity contribution < 1.29 is 14.6 Å². The van der Waals surface area contributed by atoms with E-state index >= 15 is 0 Å². The van der Waals surface area contributed by atoms with E-state index in [0.717, 1.165) is 31.8 Å². The molecule has 2 atom stereocenters. The van der Waals surface area contributed by atoms with Gasteiger partial charge < -0.3 is 15.6 Å². The second kappa shape index (κ2) is 5.36. The molecular weight excluding hydrogens is 218 g/mol. The largest absolute Gasteiger partial charge is 0.480 e. The third-order valence-corrected chi connectivity index (χ3v) is 4.27. The van der Waals surface area contributed by atoms with Gasteiger partial charge in [0.05, 0.1) is 6.10 Å². The molecule has 4 heteroatoms. The van der Waals surface area contributed by atoms with E-state index < -0.39 is 11.5 Å². The van der Waals surface area contributed by atoms with Gasteiger partial charge in [0.15, 0.2) is 0 Å². The summed E-state index contributed by atoms with van der Waals surface area (Å²) >= 11 is 0. The van der Waals surface area contributed by atoms with Crippen LogP contribution in [0.5, 0.6) is 0 Å². The monoisotopic (exact) mass is 241 g/mol. The first-order valence-corrected chi connectivity index (χ1v) is 6.74. The smallest absolute Gasteiger partial charge is 0.323 e. The Morgan fingerprint density at radius 2 is 2.12 bits per heavy atom. The average Bonchev–Trinajstić information content (AvgIpc) is 2.22. The van der Waals surface area contributed by atoms with Crippen LogP contribution in [0.25, 0.3) is 0 Å². The van der Waals surface area contributed by atoms with E-state index in [9.17, 15) is 4.79 Å². The van der Waals surface area contributed by atoms with Gasteiger partial charge in [-0.15, -0.1) is 0 Å². The lowest BCUT2D eigenvalue weighted by Gasteiger charge is -2.35. The van der Waals surface area contributed by atoms with Gasteiger partial charge in [-0.1, -0.05) is 19.3 Å². The van der Waals surface area contributed by atoms with Gasteiger partial charge in [0, 0.05) is 13.0 Å². The number of carbonyl (C=O) groups is 1. The molecule has 2 saturated carbocycles. The molecule has 0 saturated heterocycles. The lowest BCUT2D eigenvalue weighted by atomic mass is 9.81. The van der Waals surface area contributed by atoms with Crippen LogP contribution in [0.15, 0.2) is 0 Å². The zero-order chi connectivity index (χ0) is 12.3. The Morgan fingerprint density at radius 3 is 2.71 bits per heavy atom. The van der Waals surface area contributed by atoms with Crippen LogP contribution < -0.4 is 5.73 Å². The first-order chi connectivity index (χ1) is 8.10. The normalized spacial score (nSPS) is 34.3. The number of carboxylic acid groups (broad SMARTS) is 1. The topological polar surface area (TPSA) is 72.6 Å². The van der Waals surface area contributed by atoms with Crippen LogP contribution in [0.4, 0.5) is 0 Å². The van der Waals surface area contributed by atoms with Crippen molar-refractivity contribution in [3.8, 4) is 0 Å². The average molecular weight is 241 g/mol. The van der Waals surface area contributed by atoms with E-state index in [1.807, 2.05) is 0 Å². The second-order valence-corrected chi connectivity index (χ2v) is 5.64. The Kier molecular flexibility index (Phi) is 4.05. The summed E-state index contributed by atoms with van der Waals surface area (Å²) in [5, 5.41) is 9.10. The fourth-order valence-corrected chi connectivity index (χ4v) is 2.77. The maximum absolute atomic E-state index is 11.1. The highest BCUT2D eigenvalue weighted by Crippen LogP contribution is 2.31. The molecule has 0 aliphatic heterocycles. The van der Waals surface area contributed by atoms with Crippen LogP contribution in [0.2, 0.25) is 0 Å². The molecule has 0 radical (unpaired) electrons. The van der Waals surface area contributed by atoms with E-state index in [0.29, 0.717) is 12.8 Å². The zero-order valence-electron chi connectivity index (χ0n) is 10.4. The summed E-state index contributed by atoms with van der Waals surface area (Å²) in [4.78, 5) is 11.1. The Hall–Kier alpha value is -0.610. The number of hydrogen-bond donors (Lipinski definition) is 2. The molecule has 2 aliphatic carbocycles. The summed E-state index contributed by atoms with van der Waals surface area (Å²) in [7, 11) is 0. The lowest BCUT2D eigenvalue weighted by molar-refractivity contribution is -0.147. The van der Waals surface area contributed by atoms with Crippen molar-refractivity contribution in [2.75, 3.05) is 6.61 Å². The van der Waals surface area contributed by atoms with Gasteiger partial charge in [-0.3, -0.25) is 4.79 Å². The zero-order valence-corrected chi connectivity index (χ0v) is 10.4. The van der Waals surface area contributed by atoms with E-state index in [4.69, 9.17) is 15.6 Å². The number of ether oxygens (including phenoxy) is 1. The first kappa shape index (κ1) is 12.8. The number of rotatable bonds is 5. The number of aliphatic carboxylic acids is 1. The van der Waals surface area contributed by atoms with Gasteiger partial charge in [-0.25, -0.2) is 0 Å². The molecule has 2 fully saturated rings. The molecule has 0 aromatic rings. The molecule has 4 nitrogen and oxygen atoms in total. The minimum atomic E-state index is -1.06.